The van der Waals surface area contributed by atoms with Crippen LogP contribution >= 0.6 is 67.8 Å². The van der Waals surface area contributed by atoms with Crippen LogP contribution in [0.2, 0.25) is 0 Å². The molecule has 0 nitrogen and oxygen atoms in total. The molecule has 0 atom stereocenters. The molecule has 1 rings (SSSR count). The number of benzene rings is 1. The fraction of sp³-hybridized carbons (Fsp3) is 0. The molecule has 0 radical (unpaired) electrons. The van der Waals surface area contributed by atoms with Crippen LogP contribution in [0.4, 0.5) is 0 Å². The van der Waals surface area contributed by atoms with E-state index in [1.807, 2.05) is 6.07 Å². The zero-order chi connectivity index (χ0) is 8.43. The summed E-state index contributed by atoms with van der Waals surface area (Å²) < 4.78 is 3.55. The maximum atomic E-state index is 5.36. The largest absolute Gasteiger partial charge is 0.115 e. The van der Waals surface area contributed by atoms with Crippen LogP contribution < -0.4 is 0 Å². The fourth-order valence-corrected chi connectivity index (χ4v) is 2.86. The Labute approximate surface area is 107 Å². The minimum Gasteiger partial charge on any atom is -0.115 e. The van der Waals surface area contributed by atoms with Crippen LogP contribution in [0, 0.1) is 23.1 Å². The summed E-state index contributed by atoms with van der Waals surface area (Å²) in [5, 5.41) is 0. The van der Waals surface area contributed by atoms with E-state index < -0.39 is 0 Å². The fourth-order valence-electron chi connectivity index (χ4n) is 0.659. The number of hydrogen-bond acceptors (Lipinski definition) is 0. The third-order valence-corrected chi connectivity index (χ3v) is 5.14. The van der Waals surface area contributed by atoms with Crippen LogP contribution in [-0.2, 0) is 0 Å². The molecule has 0 spiro atoms. The highest BCUT2D eigenvalue weighted by Crippen LogP contribution is 2.23. The average molecular weight is 480 g/mol. The zero-order valence-electron chi connectivity index (χ0n) is 5.37. The van der Waals surface area contributed by atoms with E-state index in [-0.39, 0.29) is 0 Å². The molecule has 11 heavy (non-hydrogen) atoms. The lowest BCUT2D eigenvalue weighted by Crippen LogP contribution is -1.89. The van der Waals surface area contributed by atoms with Gasteiger partial charge in [0.1, 0.15) is 0 Å². The van der Waals surface area contributed by atoms with Crippen molar-refractivity contribution < 1.29 is 0 Å². The van der Waals surface area contributed by atoms with Gasteiger partial charge in [-0.15, -0.1) is 6.42 Å². The van der Waals surface area contributed by atoms with E-state index in [1.54, 1.807) is 0 Å². The van der Waals surface area contributed by atoms with Crippen LogP contribution in [0.5, 0.6) is 0 Å². The van der Waals surface area contributed by atoms with Gasteiger partial charge in [-0.2, -0.15) is 0 Å². The molecule has 0 saturated heterocycles. The highest BCUT2D eigenvalue weighted by atomic mass is 127. The molecule has 0 N–H and O–H groups in total. The van der Waals surface area contributed by atoms with Crippen molar-refractivity contribution in [3.8, 4) is 12.3 Å². The van der Waals surface area contributed by atoms with E-state index in [0.29, 0.717) is 0 Å². The maximum absolute atomic E-state index is 5.36. The normalized spacial score (nSPS) is 9.27. The van der Waals surface area contributed by atoms with Crippen LogP contribution in [0.15, 0.2) is 12.1 Å². The summed E-state index contributed by atoms with van der Waals surface area (Å²) >= 11 is 6.81. The van der Waals surface area contributed by atoms with Gasteiger partial charge in [0.25, 0.3) is 0 Å². The Morgan fingerprint density at radius 2 is 1.64 bits per heavy atom. The summed E-state index contributed by atoms with van der Waals surface area (Å²) in [6.45, 7) is 0. The van der Waals surface area contributed by atoms with Gasteiger partial charge in [-0.25, -0.2) is 0 Å². The van der Waals surface area contributed by atoms with E-state index in [4.69, 9.17) is 6.42 Å². The van der Waals surface area contributed by atoms with E-state index in [0.717, 1.165) is 9.13 Å². The molecule has 0 aromatic heterocycles. The Morgan fingerprint density at radius 3 is 2.09 bits per heavy atom. The van der Waals surface area contributed by atoms with Gasteiger partial charge < -0.3 is 0 Å². The molecule has 0 bridgehead atoms. The summed E-state index contributed by atoms with van der Waals surface area (Å²) in [6, 6.07) is 4.12. The van der Waals surface area contributed by atoms with E-state index in [1.165, 1.54) is 7.14 Å². The van der Waals surface area contributed by atoms with Gasteiger partial charge in [-0.05, 0) is 79.9 Å². The first-order valence-corrected chi connectivity index (χ1v) is 6.00. The first-order chi connectivity index (χ1) is 5.16. The molecule has 3 heteroatoms. The van der Waals surface area contributed by atoms with E-state index in [9.17, 15) is 0 Å². The molecule has 0 aliphatic carbocycles. The average Bonchev–Trinajstić information content (AvgIpc) is 1.99. The predicted molar refractivity (Wildman–Crippen MR) is 72.5 cm³/mol. The Hall–Kier alpha value is 0.970. The number of terminal acetylenes is 1. The number of rotatable bonds is 0. The summed E-state index contributed by atoms with van der Waals surface area (Å²) in [4.78, 5) is 0. The van der Waals surface area contributed by atoms with Crippen molar-refractivity contribution in [1.82, 2.24) is 0 Å². The summed E-state index contributed by atoms with van der Waals surface area (Å²) in [7, 11) is 0. The molecule has 0 fully saturated rings. The van der Waals surface area contributed by atoms with Crippen molar-refractivity contribution in [2.75, 3.05) is 0 Å². The van der Waals surface area contributed by atoms with Gasteiger partial charge in [0, 0.05) is 10.7 Å². The highest BCUT2D eigenvalue weighted by molar-refractivity contribution is 14.1. The van der Waals surface area contributed by atoms with Crippen molar-refractivity contribution in [1.29, 1.82) is 0 Å². The minimum absolute atomic E-state index is 1.01. The Kier molecular flexibility index (Phi) is 3.91. The quantitative estimate of drug-likeness (QED) is 0.304. The molecule has 0 unspecified atom stereocenters. The third-order valence-electron chi connectivity index (χ3n) is 1.19. The number of hydrogen-bond donors (Lipinski definition) is 0. The van der Waals surface area contributed by atoms with Crippen LogP contribution in [0.1, 0.15) is 5.56 Å². The lowest BCUT2D eigenvalue weighted by atomic mass is 10.2. The van der Waals surface area contributed by atoms with Crippen LogP contribution in [0.25, 0.3) is 0 Å². The Bertz CT molecular complexity index is 323. The lowest BCUT2D eigenvalue weighted by Gasteiger charge is -2.01. The van der Waals surface area contributed by atoms with Crippen LogP contribution in [0.3, 0.4) is 0 Å². The van der Waals surface area contributed by atoms with E-state index in [2.05, 4.69) is 79.8 Å². The molecule has 56 valence electrons. The Balaban J connectivity index is 3.44. The SMILES string of the molecule is C#Cc1c(I)ccc(I)c1I. The molecule has 0 aliphatic rings. The summed E-state index contributed by atoms with van der Waals surface area (Å²) in [6.07, 6.45) is 5.36. The van der Waals surface area contributed by atoms with Gasteiger partial charge in [0.15, 0.2) is 0 Å². The highest BCUT2D eigenvalue weighted by Gasteiger charge is 2.04. The molecule has 0 amide bonds. The summed E-state index contributed by atoms with van der Waals surface area (Å²) in [5.74, 6) is 2.68. The van der Waals surface area contributed by atoms with Crippen molar-refractivity contribution in [2.45, 2.75) is 0 Å². The zero-order valence-corrected chi connectivity index (χ0v) is 11.8. The number of halogens is 3. The van der Waals surface area contributed by atoms with Gasteiger partial charge in [-0.1, -0.05) is 5.92 Å². The Morgan fingerprint density at radius 1 is 1.09 bits per heavy atom. The van der Waals surface area contributed by atoms with Gasteiger partial charge >= 0.3 is 0 Å². The molecule has 0 saturated carbocycles. The molecule has 0 aliphatic heterocycles. The lowest BCUT2D eigenvalue weighted by molar-refractivity contribution is 1.49. The second-order valence-corrected chi connectivity index (χ2v) is 5.27. The molecular weight excluding hydrogens is 477 g/mol. The van der Waals surface area contributed by atoms with Crippen molar-refractivity contribution in [3.05, 3.63) is 28.4 Å². The minimum atomic E-state index is 1.01. The van der Waals surface area contributed by atoms with E-state index >= 15 is 0 Å². The second-order valence-electron chi connectivity index (χ2n) is 1.86. The standard InChI is InChI=1S/C8H3I3/c1-2-5-6(9)3-4-7(10)8(5)11/h1,3-4H. The summed E-state index contributed by atoms with van der Waals surface area (Å²) in [5.41, 5.74) is 1.01. The first kappa shape index (κ1) is 10.1. The maximum Gasteiger partial charge on any atom is 0.0520 e. The van der Waals surface area contributed by atoms with Crippen molar-refractivity contribution >= 4 is 67.8 Å². The third kappa shape index (κ3) is 2.21. The molecule has 0 heterocycles. The molecular formula is C8H3I3. The van der Waals surface area contributed by atoms with Crippen molar-refractivity contribution in [2.24, 2.45) is 0 Å². The van der Waals surface area contributed by atoms with Gasteiger partial charge in [0.05, 0.1) is 5.56 Å². The monoisotopic (exact) mass is 480 g/mol. The predicted octanol–water partition coefficient (Wildman–Crippen LogP) is 3.48. The molecule has 1 aromatic rings. The van der Waals surface area contributed by atoms with Crippen LogP contribution in [-0.4, -0.2) is 0 Å². The van der Waals surface area contributed by atoms with Crippen molar-refractivity contribution in [3.63, 3.8) is 0 Å². The topological polar surface area (TPSA) is 0 Å². The smallest absolute Gasteiger partial charge is 0.0520 e. The first-order valence-electron chi connectivity index (χ1n) is 2.77. The second kappa shape index (κ2) is 4.28. The van der Waals surface area contributed by atoms with Gasteiger partial charge in [-0.3, -0.25) is 0 Å². The van der Waals surface area contributed by atoms with Gasteiger partial charge in [0.2, 0.25) is 0 Å². The molecule has 1 aromatic carbocycles.